The van der Waals surface area contributed by atoms with Crippen molar-refractivity contribution >= 4 is 27.6 Å². The first-order chi connectivity index (χ1) is 9.86. The van der Waals surface area contributed by atoms with Gasteiger partial charge < -0.3 is 4.74 Å². The van der Waals surface area contributed by atoms with Crippen LogP contribution in [0.1, 0.15) is 19.4 Å². The summed E-state index contributed by atoms with van der Waals surface area (Å²) in [6.07, 6.45) is 0. The molecule has 0 spiro atoms. The van der Waals surface area contributed by atoms with E-state index in [1.807, 2.05) is 0 Å². The monoisotopic (exact) mass is 330 g/mol. The maximum absolute atomic E-state index is 12.5. The fourth-order valence-corrected chi connectivity index (χ4v) is 3.46. The van der Waals surface area contributed by atoms with Gasteiger partial charge in [0.25, 0.3) is 0 Å². The number of esters is 1. The van der Waals surface area contributed by atoms with E-state index in [9.17, 15) is 13.2 Å². The van der Waals surface area contributed by atoms with Crippen LogP contribution in [0.2, 0.25) is 5.02 Å². The maximum Gasteiger partial charge on any atom is 0.321 e. The fourth-order valence-electron chi connectivity index (χ4n) is 1.66. The van der Waals surface area contributed by atoms with Crippen molar-refractivity contribution in [1.82, 2.24) is 4.31 Å². The van der Waals surface area contributed by atoms with Crippen LogP contribution in [0, 0.1) is 11.3 Å². The summed E-state index contributed by atoms with van der Waals surface area (Å²) in [5.74, 6) is -0.650. The lowest BCUT2D eigenvalue weighted by Gasteiger charge is -2.20. The molecule has 0 saturated carbocycles. The third kappa shape index (κ3) is 4.17. The number of ether oxygens (including phenoxy) is 1. The Balaban J connectivity index is 3.22. The molecule has 0 N–H and O–H groups in total. The first-order valence-corrected chi connectivity index (χ1v) is 8.04. The van der Waals surface area contributed by atoms with Crippen LogP contribution in [0.15, 0.2) is 23.1 Å². The van der Waals surface area contributed by atoms with Crippen LogP contribution in [0.4, 0.5) is 0 Å². The molecule has 0 fully saturated rings. The number of halogens is 1. The van der Waals surface area contributed by atoms with Gasteiger partial charge in [0.15, 0.2) is 0 Å². The first kappa shape index (κ1) is 17.4. The maximum atomic E-state index is 12.5. The highest BCUT2D eigenvalue weighted by Crippen LogP contribution is 2.23. The van der Waals surface area contributed by atoms with E-state index in [1.54, 1.807) is 19.9 Å². The lowest BCUT2D eigenvalue weighted by atomic mass is 10.2. The van der Waals surface area contributed by atoms with E-state index < -0.39 is 22.5 Å². The smallest absolute Gasteiger partial charge is 0.321 e. The Hall–Kier alpha value is -1.62. The van der Waals surface area contributed by atoms with Gasteiger partial charge in [-0.25, -0.2) is 8.42 Å². The van der Waals surface area contributed by atoms with Crippen molar-refractivity contribution in [2.45, 2.75) is 18.7 Å². The number of carbonyl (C=O) groups excluding carboxylic acids is 1. The molecule has 0 saturated heterocycles. The molecular formula is C13H15ClN2O4S. The number of carbonyl (C=O) groups is 1. The van der Waals surface area contributed by atoms with E-state index in [0.29, 0.717) is 0 Å². The summed E-state index contributed by atoms with van der Waals surface area (Å²) >= 11 is 5.80. The molecule has 0 aliphatic rings. The summed E-state index contributed by atoms with van der Waals surface area (Å²) in [7, 11) is -4.00. The summed E-state index contributed by atoms with van der Waals surface area (Å²) in [4.78, 5) is 11.3. The van der Waals surface area contributed by atoms with Crippen LogP contribution in [0.3, 0.4) is 0 Å². The lowest BCUT2D eigenvalue weighted by molar-refractivity contribution is -0.143. The van der Waals surface area contributed by atoms with Gasteiger partial charge in [0.2, 0.25) is 10.0 Å². The molecule has 0 heterocycles. The van der Waals surface area contributed by atoms with E-state index in [2.05, 4.69) is 0 Å². The summed E-state index contributed by atoms with van der Waals surface area (Å²) in [6, 6.07) is 5.76. The van der Waals surface area contributed by atoms with Crippen LogP contribution in [0.25, 0.3) is 0 Å². The molecule has 0 radical (unpaired) electrons. The van der Waals surface area contributed by atoms with Crippen molar-refractivity contribution < 1.29 is 17.9 Å². The van der Waals surface area contributed by atoms with Gasteiger partial charge in [-0.2, -0.15) is 9.57 Å². The number of sulfonamides is 1. The Morgan fingerprint density at radius 3 is 2.62 bits per heavy atom. The lowest BCUT2D eigenvalue weighted by Crippen LogP contribution is -2.36. The van der Waals surface area contributed by atoms with Gasteiger partial charge in [-0.15, -0.1) is 0 Å². The molecule has 0 unspecified atom stereocenters. The fraction of sp³-hybridized carbons (Fsp3) is 0.385. The topological polar surface area (TPSA) is 87.5 Å². The Morgan fingerprint density at radius 2 is 2.10 bits per heavy atom. The molecule has 1 rings (SSSR count). The van der Waals surface area contributed by atoms with Gasteiger partial charge in [-0.3, -0.25) is 4.79 Å². The molecule has 0 aliphatic heterocycles. The van der Waals surface area contributed by atoms with Gasteiger partial charge >= 0.3 is 5.97 Å². The van der Waals surface area contributed by atoms with Gasteiger partial charge in [0, 0.05) is 11.6 Å². The van der Waals surface area contributed by atoms with Crippen LogP contribution in [-0.2, 0) is 19.6 Å². The van der Waals surface area contributed by atoms with E-state index >= 15 is 0 Å². The molecule has 0 amide bonds. The largest absolute Gasteiger partial charge is 0.465 e. The Morgan fingerprint density at radius 1 is 1.43 bits per heavy atom. The highest BCUT2D eigenvalue weighted by molar-refractivity contribution is 7.89. The van der Waals surface area contributed by atoms with E-state index in [4.69, 9.17) is 21.6 Å². The zero-order chi connectivity index (χ0) is 16.0. The SMILES string of the molecule is CCOC(=O)CN(CC)S(=O)(=O)c1cc(Cl)ccc1C#N. The minimum atomic E-state index is -4.00. The second kappa shape index (κ2) is 7.41. The number of likely N-dealkylation sites (N-methyl/N-ethyl adjacent to an activating group) is 1. The standard InChI is InChI=1S/C13H15ClN2O4S/c1-3-16(9-13(17)20-4-2)21(18,19)12-7-11(14)6-5-10(12)8-15/h5-7H,3-4,9H2,1-2H3. The van der Waals surface area contributed by atoms with Crippen LogP contribution in [-0.4, -0.2) is 38.4 Å². The van der Waals surface area contributed by atoms with Gasteiger partial charge in [0.05, 0.1) is 12.2 Å². The van der Waals surface area contributed by atoms with Crippen molar-refractivity contribution in [3.05, 3.63) is 28.8 Å². The van der Waals surface area contributed by atoms with Gasteiger partial charge in [-0.1, -0.05) is 18.5 Å². The third-order valence-corrected chi connectivity index (χ3v) is 4.84. The number of benzene rings is 1. The average Bonchev–Trinajstić information content (AvgIpc) is 2.44. The van der Waals surface area contributed by atoms with Crippen LogP contribution in [0.5, 0.6) is 0 Å². The summed E-state index contributed by atoms with van der Waals surface area (Å²) < 4.78 is 30.8. The summed E-state index contributed by atoms with van der Waals surface area (Å²) in [5.41, 5.74) is -0.0262. The van der Waals surface area contributed by atoms with Crippen molar-refractivity contribution in [3.63, 3.8) is 0 Å². The zero-order valence-electron chi connectivity index (χ0n) is 11.7. The zero-order valence-corrected chi connectivity index (χ0v) is 13.2. The van der Waals surface area contributed by atoms with E-state index in [1.165, 1.54) is 18.2 Å². The average molecular weight is 331 g/mol. The Kier molecular flexibility index (Phi) is 6.15. The number of hydrogen-bond acceptors (Lipinski definition) is 5. The molecule has 1 aromatic carbocycles. The highest BCUT2D eigenvalue weighted by atomic mass is 35.5. The quantitative estimate of drug-likeness (QED) is 0.742. The molecular weight excluding hydrogens is 316 g/mol. The van der Waals surface area contributed by atoms with Crippen molar-refractivity contribution in [2.75, 3.05) is 19.7 Å². The third-order valence-electron chi connectivity index (χ3n) is 2.65. The van der Waals surface area contributed by atoms with Gasteiger partial charge in [0.1, 0.15) is 17.5 Å². The molecule has 21 heavy (non-hydrogen) atoms. The summed E-state index contributed by atoms with van der Waals surface area (Å²) in [6.45, 7) is 3.04. The van der Waals surface area contributed by atoms with Crippen LogP contribution < -0.4 is 0 Å². The first-order valence-electron chi connectivity index (χ1n) is 6.22. The molecule has 0 atom stereocenters. The molecule has 0 aromatic heterocycles. The second-order valence-corrected chi connectivity index (χ2v) is 6.33. The number of nitrogens with zero attached hydrogens (tertiary/aromatic N) is 2. The van der Waals surface area contributed by atoms with E-state index in [-0.39, 0.29) is 28.6 Å². The normalized spacial score (nSPS) is 11.2. The second-order valence-electron chi connectivity index (χ2n) is 3.99. The van der Waals surface area contributed by atoms with Crippen LogP contribution >= 0.6 is 11.6 Å². The summed E-state index contributed by atoms with van der Waals surface area (Å²) in [5, 5.41) is 9.22. The number of rotatable bonds is 6. The highest BCUT2D eigenvalue weighted by Gasteiger charge is 2.28. The molecule has 8 heteroatoms. The molecule has 6 nitrogen and oxygen atoms in total. The Labute approximate surface area is 128 Å². The van der Waals surface area contributed by atoms with E-state index in [0.717, 1.165) is 4.31 Å². The van der Waals surface area contributed by atoms with Crippen molar-refractivity contribution in [2.24, 2.45) is 0 Å². The number of nitriles is 1. The predicted octanol–water partition coefficient (Wildman–Crippen LogP) is 1.79. The minimum absolute atomic E-state index is 0.0262. The van der Waals surface area contributed by atoms with Crippen molar-refractivity contribution in [1.29, 1.82) is 5.26 Å². The number of hydrogen-bond donors (Lipinski definition) is 0. The van der Waals surface area contributed by atoms with Crippen molar-refractivity contribution in [3.8, 4) is 6.07 Å². The minimum Gasteiger partial charge on any atom is -0.465 e. The molecule has 1 aromatic rings. The molecule has 0 bridgehead atoms. The van der Waals surface area contributed by atoms with Gasteiger partial charge in [-0.05, 0) is 25.1 Å². The predicted molar refractivity (Wildman–Crippen MR) is 77.2 cm³/mol. The molecule has 0 aliphatic carbocycles. The molecule has 114 valence electrons. The Bertz CT molecular complexity index is 667.